The van der Waals surface area contributed by atoms with Crippen LogP contribution in [0.1, 0.15) is 44.7 Å². The minimum atomic E-state index is -0.454. The van der Waals surface area contributed by atoms with Gasteiger partial charge in [-0.05, 0) is 41.8 Å². The van der Waals surface area contributed by atoms with Gasteiger partial charge in [0.2, 0.25) is 0 Å². The highest BCUT2D eigenvalue weighted by Gasteiger charge is 2.09. The molecule has 7 nitrogen and oxygen atoms in total. The van der Waals surface area contributed by atoms with Gasteiger partial charge in [0.1, 0.15) is 0 Å². The maximum Gasteiger partial charge on any atom is 0.331 e. The molecule has 0 bridgehead atoms. The van der Waals surface area contributed by atoms with Crippen molar-refractivity contribution in [3.63, 3.8) is 0 Å². The first kappa shape index (κ1) is 21.8. The summed E-state index contributed by atoms with van der Waals surface area (Å²) in [5.41, 5.74) is 3.76. The zero-order valence-electron chi connectivity index (χ0n) is 16.9. The molecule has 0 N–H and O–H groups in total. The fourth-order valence-corrected chi connectivity index (χ4v) is 2.53. The smallest absolute Gasteiger partial charge is 0.331 e. The van der Waals surface area contributed by atoms with Gasteiger partial charge in [0.15, 0.2) is 0 Å². The van der Waals surface area contributed by atoms with Crippen molar-refractivity contribution in [2.75, 3.05) is 11.4 Å². The molecular weight excluding hydrogens is 370 g/mol. The van der Waals surface area contributed by atoms with Gasteiger partial charge in [-0.2, -0.15) is 0 Å². The molecule has 0 aliphatic rings. The van der Waals surface area contributed by atoms with Crippen molar-refractivity contribution in [3.8, 4) is 0 Å². The lowest BCUT2D eigenvalue weighted by Crippen LogP contribution is -2.18. The van der Waals surface area contributed by atoms with Gasteiger partial charge in [0.25, 0.3) is 0 Å². The van der Waals surface area contributed by atoms with Crippen LogP contribution in [0.15, 0.2) is 58.8 Å². The second-order valence-corrected chi connectivity index (χ2v) is 6.32. The van der Waals surface area contributed by atoms with Crippen LogP contribution in [0, 0.1) is 0 Å². The molecular formula is C22H25N3O4. The molecule has 2 aromatic carbocycles. The van der Waals surface area contributed by atoms with Crippen LogP contribution >= 0.6 is 0 Å². The number of hydrogen-bond donors (Lipinski definition) is 0. The molecule has 152 valence electrons. The van der Waals surface area contributed by atoms with Crippen molar-refractivity contribution in [2.24, 2.45) is 10.3 Å². The first-order chi connectivity index (χ1) is 14.0. The van der Waals surface area contributed by atoms with Crippen molar-refractivity contribution in [3.05, 3.63) is 59.7 Å². The fourth-order valence-electron chi connectivity index (χ4n) is 2.53. The summed E-state index contributed by atoms with van der Waals surface area (Å²) in [6, 6.07) is 15.7. The second kappa shape index (κ2) is 11.4. The molecule has 0 aliphatic carbocycles. The molecule has 0 fully saturated rings. The largest absolute Gasteiger partial charge is 0.341 e. The highest BCUT2D eigenvalue weighted by Crippen LogP contribution is 2.26. The number of hydrogen-bond acceptors (Lipinski definition) is 7. The summed E-state index contributed by atoms with van der Waals surface area (Å²) < 4.78 is 0. The summed E-state index contributed by atoms with van der Waals surface area (Å²) >= 11 is 0. The Balaban J connectivity index is 2.16. The van der Waals surface area contributed by atoms with Crippen LogP contribution in [0.4, 0.5) is 11.4 Å². The lowest BCUT2D eigenvalue weighted by molar-refractivity contribution is -0.141. The highest BCUT2D eigenvalue weighted by atomic mass is 16.7. The molecule has 0 aliphatic heterocycles. The van der Waals surface area contributed by atoms with E-state index >= 15 is 0 Å². The Labute approximate surface area is 170 Å². The number of carbonyl (C=O) groups is 2. The Morgan fingerprint density at radius 1 is 0.828 bits per heavy atom. The van der Waals surface area contributed by atoms with Gasteiger partial charge in [-0.15, -0.1) is 0 Å². The van der Waals surface area contributed by atoms with E-state index in [1.54, 1.807) is 0 Å². The molecule has 0 saturated carbocycles. The predicted octanol–water partition coefficient (Wildman–Crippen LogP) is 4.42. The van der Waals surface area contributed by atoms with E-state index in [1.165, 1.54) is 26.3 Å². The highest BCUT2D eigenvalue weighted by molar-refractivity contribution is 5.82. The summed E-state index contributed by atoms with van der Waals surface area (Å²) in [5.74, 6) is -0.907. The van der Waals surface area contributed by atoms with Gasteiger partial charge in [0.05, 0.1) is 12.4 Å². The van der Waals surface area contributed by atoms with Crippen molar-refractivity contribution in [2.45, 2.75) is 33.6 Å². The Bertz CT molecular complexity index is 789. The van der Waals surface area contributed by atoms with Crippen LogP contribution < -0.4 is 4.90 Å². The summed E-state index contributed by atoms with van der Waals surface area (Å²) in [6.45, 7) is 5.64. The topological polar surface area (TPSA) is 80.6 Å². The minimum absolute atomic E-state index is 0.454. The molecule has 2 rings (SSSR count). The zero-order chi connectivity index (χ0) is 21.1. The molecule has 0 spiro atoms. The van der Waals surface area contributed by atoms with E-state index in [-0.39, 0.29) is 0 Å². The van der Waals surface area contributed by atoms with Crippen LogP contribution in [-0.4, -0.2) is 30.9 Å². The van der Waals surface area contributed by atoms with E-state index in [2.05, 4.69) is 31.8 Å². The van der Waals surface area contributed by atoms with Gasteiger partial charge in [-0.1, -0.05) is 47.9 Å². The zero-order valence-corrected chi connectivity index (χ0v) is 16.9. The Morgan fingerprint density at radius 3 is 1.59 bits per heavy atom. The molecule has 29 heavy (non-hydrogen) atoms. The Hall–Kier alpha value is -3.48. The van der Waals surface area contributed by atoms with Gasteiger partial charge < -0.3 is 14.6 Å². The number of benzene rings is 2. The predicted molar refractivity (Wildman–Crippen MR) is 114 cm³/mol. The van der Waals surface area contributed by atoms with Gasteiger partial charge in [-0.3, -0.25) is 0 Å². The number of carbonyl (C=O) groups excluding carboxylic acids is 2. The average molecular weight is 395 g/mol. The van der Waals surface area contributed by atoms with Crippen molar-refractivity contribution in [1.82, 2.24) is 0 Å². The molecule has 0 amide bonds. The third kappa shape index (κ3) is 7.57. The van der Waals surface area contributed by atoms with E-state index in [9.17, 15) is 9.59 Å². The SMILES string of the molecule is CCCCN(c1ccc(C=NOC(C)=O)cc1)c1ccc(C=NOC(C)=O)cc1. The number of anilines is 2. The lowest BCUT2D eigenvalue weighted by atomic mass is 10.1. The number of nitrogens with zero attached hydrogens (tertiary/aromatic N) is 3. The standard InChI is InChI=1S/C22H25N3O4/c1-4-5-14-25(21-10-6-19(7-11-21)15-23-28-17(2)26)22-12-8-20(9-13-22)16-24-29-18(3)27/h6-13,15-16H,4-5,14H2,1-3H3. The second-order valence-electron chi connectivity index (χ2n) is 6.32. The molecule has 0 saturated heterocycles. The summed E-state index contributed by atoms with van der Waals surface area (Å²) in [6.07, 6.45) is 5.12. The van der Waals surface area contributed by atoms with E-state index in [1.807, 2.05) is 48.5 Å². The molecule has 0 unspecified atom stereocenters. The van der Waals surface area contributed by atoms with Crippen LogP contribution in [0.2, 0.25) is 0 Å². The first-order valence-electron chi connectivity index (χ1n) is 9.39. The fraction of sp³-hybridized carbons (Fsp3) is 0.273. The Morgan fingerprint density at radius 2 is 1.24 bits per heavy atom. The van der Waals surface area contributed by atoms with Crippen molar-refractivity contribution >= 4 is 35.7 Å². The number of rotatable bonds is 9. The van der Waals surface area contributed by atoms with Crippen molar-refractivity contribution in [1.29, 1.82) is 0 Å². The molecule has 0 atom stereocenters. The van der Waals surface area contributed by atoms with E-state index in [0.717, 1.165) is 41.9 Å². The minimum Gasteiger partial charge on any atom is -0.341 e. The lowest BCUT2D eigenvalue weighted by Gasteiger charge is -2.25. The molecule has 7 heteroatoms. The summed E-state index contributed by atoms with van der Waals surface area (Å²) in [7, 11) is 0. The monoisotopic (exact) mass is 395 g/mol. The number of oxime groups is 2. The normalized spacial score (nSPS) is 11.0. The van der Waals surface area contributed by atoms with E-state index < -0.39 is 11.9 Å². The number of unbranched alkanes of at least 4 members (excludes halogenated alkanes) is 1. The van der Waals surface area contributed by atoms with Crippen LogP contribution in [0.5, 0.6) is 0 Å². The van der Waals surface area contributed by atoms with Crippen LogP contribution in [-0.2, 0) is 19.3 Å². The summed E-state index contributed by atoms with van der Waals surface area (Å²) in [4.78, 5) is 32.9. The van der Waals surface area contributed by atoms with Crippen molar-refractivity contribution < 1.29 is 19.3 Å². The molecule has 2 aromatic rings. The van der Waals surface area contributed by atoms with Gasteiger partial charge >= 0.3 is 11.9 Å². The van der Waals surface area contributed by atoms with Crippen LogP contribution in [0.25, 0.3) is 0 Å². The van der Waals surface area contributed by atoms with Gasteiger partial charge in [-0.25, -0.2) is 9.59 Å². The van der Waals surface area contributed by atoms with Gasteiger partial charge in [0, 0.05) is 31.8 Å². The maximum absolute atomic E-state index is 10.8. The average Bonchev–Trinajstić information content (AvgIpc) is 2.70. The first-order valence-corrected chi connectivity index (χ1v) is 9.39. The third-order valence-corrected chi connectivity index (χ3v) is 3.91. The third-order valence-electron chi connectivity index (χ3n) is 3.91. The molecule has 0 heterocycles. The molecule has 0 aromatic heterocycles. The quantitative estimate of drug-likeness (QED) is 0.357. The van der Waals surface area contributed by atoms with E-state index in [0.29, 0.717) is 0 Å². The maximum atomic E-state index is 10.8. The molecule has 0 radical (unpaired) electrons. The van der Waals surface area contributed by atoms with E-state index in [4.69, 9.17) is 0 Å². The Kier molecular flexibility index (Phi) is 8.56. The van der Waals surface area contributed by atoms with Crippen LogP contribution in [0.3, 0.4) is 0 Å². The summed E-state index contributed by atoms with van der Waals surface area (Å²) in [5, 5.41) is 7.27.